The molecular formula is C22H21N3O3. The van der Waals surface area contributed by atoms with Gasteiger partial charge in [0.25, 0.3) is 0 Å². The monoisotopic (exact) mass is 375 g/mol. The fraction of sp³-hybridized carbons (Fsp3) is 0.318. The normalized spacial score (nSPS) is 21.3. The van der Waals surface area contributed by atoms with Crippen molar-refractivity contribution >= 4 is 28.9 Å². The zero-order valence-electron chi connectivity index (χ0n) is 15.7. The molecule has 1 aliphatic carbocycles. The summed E-state index contributed by atoms with van der Waals surface area (Å²) in [4.78, 5) is 34.8. The Kier molecular flexibility index (Phi) is 3.75. The summed E-state index contributed by atoms with van der Waals surface area (Å²) in [5, 5.41) is 0. The molecule has 1 aromatic heterocycles. The molecular weight excluding hydrogens is 354 g/mol. The Bertz CT molecular complexity index is 1070. The van der Waals surface area contributed by atoms with Gasteiger partial charge in [-0.05, 0) is 61.1 Å². The molecule has 5 rings (SSSR count). The number of fused-ring (bicyclic) bond motifs is 2. The summed E-state index contributed by atoms with van der Waals surface area (Å²) in [6, 6.07) is 13.5. The first-order valence-electron chi connectivity index (χ1n) is 9.56. The highest BCUT2D eigenvalue weighted by Crippen LogP contribution is 2.44. The van der Waals surface area contributed by atoms with Gasteiger partial charge in [-0.3, -0.25) is 9.69 Å². The average Bonchev–Trinajstić information content (AvgIpc) is 3.28. The van der Waals surface area contributed by atoms with E-state index in [0.717, 1.165) is 41.4 Å². The van der Waals surface area contributed by atoms with E-state index in [1.807, 2.05) is 36.4 Å². The number of anilines is 1. The van der Waals surface area contributed by atoms with E-state index in [4.69, 9.17) is 4.74 Å². The number of carbonyl (C=O) groups excluding carboxylic acids is 2. The Morgan fingerprint density at radius 2 is 2.04 bits per heavy atom. The molecule has 1 saturated heterocycles. The molecule has 6 heteroatoms. The lowest BCUT2D eigenvalue weighted by atomic mass is 9.70. The minimum atomic E-state index is -0.376. The lowest BCUT2D eigenvalue weighted by Crippen LogP contribution is -2.39. The van der Waals surface area contributed by atoms with Crippen LogP contribution in [0.5, 0.6) is 0 Å². The zero-order chi connectivity index (χ0) is 19.3. The van der Waals surface area contributed by atoms with Crippen molar-refractivity contribution in [3.63, 3.8) is 0 Å². The number of amides is 1. The minimum Gasteiger partial charge on any atom is -0.465 e. The van der Waals surface area contributed by atoms with Gasteiger partial charge in [-0.1, -0.05) is 18.2 Å². The molecule has 0 bridgehead atoms. The molecule has 1 amide bonds. The van der Waals surface area contributed by atoms with E-state index < -0.39 is 0 Å². The molecule has 1 atom stereocenters. The van der Waals surface area contributed by atoms with Gasteiger partial charge in [-0.25, -0.2) is 9.78 Å². The number of hydrogen-bond donors (Lipinski definition) is 1. The minimum absolute atomic E-state index is 0.147. The summed E-state index contributed by atoms with van der Waals surface area (Å²) < 4.78 is 4.82. The van der Waals surface area contributed by atoms with Crippen LogP contribution in [-0.2, 0) is 22.4 Å². The number of aromatic nitrogens is 2. The molecule has 142 valence electrons. The maximum absolute atomic E-state index is 13.4. The first-order chi connectivity index (χ1) is 13.6. The van der Waals surface area contributed by atoms with Crippen LogP contribution in [-0.4, -0.2) is 35.5 Å². The fourth-order valence-electron chi connectivity index (χ4n) is 4.59. The van der Waals surface area contributed by atoms with Crippen molar-refractivity contribution in [1.82, 2.24) is 9.97 Å². The van der Waals surface area contributed by atoms with Crippen LogP contribution in [0.2, 0.25) is 0 Å². The number of aromatic amines is 1. The number of aryl methyl sites for hydroxylation is 1. The van der Waals surface area contributed by atoms with Gasteiger partial charge in [0, 0.05) is 6.54 Å². The standard InChI is InChI=1S/C22H21N3O3/c1-28-19(26)15-6-7-16-13-22(9-8-14(16)12-15)10-11-25(20(22)27)21-23-17-4-2-3-5-18(17)24-21/h2-7,12H,8-11,13H2,1H3,(H,23,24). The quantitative estimate of drug-likeness (QED) is 0.698. The first kappa shape index (κ1) is 17.0. The average molecular weight is 375 g/mol. The number of methoxy groups -OCH3 is 1. The predicted molar refractivity (Wildman–Crippen MR) is 105 cm³/mol. The van der Waals surface area contributed by atoms with Crippen LogP contribution in [0.1, 0.15) is 34.3 Å². The number of rotatable bonds is 2. The lowest BCUT2D eigenvalue weighted by molar-refractivity contribution is -0.126. The molecule has 1 N–H and O–H groups in total. The number of esters is 1. The Balaban J connectivity index is 1.43. The maximum Gasteiger partial charge on any atom is 0.337 e. The number of imidazole rings is 1. The molecule has 1 fully saturated rings. The van der Waals surface area contributed by atoms with Crippen LogP contribution in [0.25, 0.3) is 11.0 Å². The first-order valence-corrected chi connectivity index (χ1v) is 9.56. The number of ether oxygens (including phenoxy) is 1. The summed E-state index contributed by atoms with van der Waals surface area (Å²) >= 11 is 0. The third-order valence-corrected chi connectivity index (χ3v) is 6.17. The lowest BCUT2D eigenvalue weighted by Gasteiger charge is -2.33. The molecule has 1 unspecified atom stereocenters. The molecule has 28 heavy (non-hydrogen) atoms. The van der Waals surface area contributed by atoms with Crippen LogP contribution in [0.4, 0.5) is 5.95 Å². The maximum atomic E-state index is 13.4. The van der Waals surface area contributed by atoms with Gasteiger partial charge in [0.1, 0.15) is 0 Å². The summed E-state index contributed by atoms with van der Waals surface area (Å²) in [5.41, 5.74) is 4.30. The number of hydrogen-bond acceptors (Lipinski definition) is 4. The Hall–Kier alpha value is -3.15. The summed E-state index contributed by atoms with van der Waals surface area (Å²) in [5.74, 6) is 0.459. The molecule has 6 nitrogen and oxygen atoms in total. The summed E-state index contributed by atoms with van der Waals surface area (Å²) in [7, 11) is 1.39. The third kappa shape index (κ3) is 2.52. The molecule has 2 heterocycles. The molecule has 0 radical (unpaired) electrons. The van der Waals surface area contributed by atoms with Crippen molar-refractivity contribution in [2.75, 3.05) is 18.6 Å². The number of H-pyrrole nitrogens is 1. The summed E-state index contributed by atoms with van der Waals surface area (Å²) in [6.07, 6.45) is 3.11. The number of benzene rings is 2. The third-order valence-electron chi connectivity index (χ3n) is 6.17. The van der Waals surface area contributed by atoms with Crippen molar-refractivity contribution in [3.8, 4) is 0 Å². The van der Waals surface area contributed by atoms with E-state index in [-0.39, 0.29) is 17.3 Å². The highest BCUT2D eigenvalue weighted by atomic mass is 16.5. The Morgan fingerprint density at radius 3 is 2.86 bits per heavy atom. The van der Waals surface area contributed by atoms with Crippen molar-refractivity contribution in [3.05, 3.63) is 59.2 Å². The van der Waals surface area contributed by atoms with Crippen LogP contribution in [0.3, 0.4) is 0 Å². The van der Waals surface area contributed by atoms with Gasteiger partial charge >= 0.3 is 5.97 Å². The molecule has 1 spiro atoms. The highest BCUT2D eigenvalue weighted by molar-refractivity contribution is 6.00. The van der Waals surface area contributed by atoms with Gasteiger partial charge in [0.05, 0.1) is 29.1 Å². The second-order valence-electron chi connectivity index (χ2n) is 7.72. The molecule has 1 aliphatic heterocycles. The number of carbonyl (C=O) groups is 2. The predicted octanol–water partition coefficient (Wildman–Crippen LogP) is 3.26. The van der Waals surface area contributed by atoms with Crippen LogP contribution < -0.4 is 4.90 Å². The van der Waals surface area contributed by atoms with E-state index in [9.17, 15) is 9.59 Å². The van der Waals surface area contributed by atoms with Crippen LogP contribution >= 0.6 is 0 Å². The second-order valence-corrected chi connectivity index (χ2v) is 7.72. The van der Waals surface area contributed by atoms with Gasteiger partial charge in [0.15, 0.2) is 0 Å². The molecule has 3 aromatic rings. The topological polar surface area (TPSA) is 75.3 Å². The summed E-state index contributed by atoms with van der Waals surface area (Å²) in [6.45, 7) is 0.675. The van der Waals surface area contributed by atoms with Gasteiger partial charge in [-0.2, -0.15) is 0 Å². The SMILES string of the molecule is COC(=O)c1ccc2c(c1)CCC1(CCN(c3nc4ccccc4[nH]3)C1=O)C2. The second kappa shape index (κ2) is 6.19. The number of para-hydroxylation sites is 2. The van der Waals surface area contributed by atoms with Crippen molar-refractivity contribution < 1.29 is 14.3 Å². The Labute approximate surface area is 162 Å². The molecule has 2 aromatic carbocycles. The van der Waals surface area contributed by atoms with E-state index >= 15 is 0 Å². The van der Waals surface area contributed by atoms with Gasteiger partial charge < -0.3 is 9.72 Å². The van der Waals surface area contributed by atoms with Crippen molar-refractivity contribution in [2.45, 2.75) is 25.7 Å². The van der Waals surface area contributed by atoms with E-state index in [2.05, 4.69) is 9.97 Å². The van der Waals surface area contributed by atoms with E-state index in [1.54, 1.807) is 11.0 Å². The Morgan fingerprint density at radius 1 is 1.18 bits per heavy atom. The number of nitrogens with zero attached hydrogens (tertiary/aromatic N) is 2. The zero-order valence-corrected chi connectivity index (χ0v) is 15.7. The number of nitrogens with one attached hydrogen (secondary N) is 1. The molecule has 0 saturated carbocycles. The molecule has 2 aliphatic rings. The van der Waals surface area contributed by atoms with Crippen molar-refractivity contribution in [2.24, 2.45) is 5.41 Å². The smallest absolute Gasteiger partial charge is 0.337 e. The van der Waals surface area contributed by atoms with E-state index in [0.29, 0.717) is 24.5 Å². The highest BCUT2D eigenvalue weighted by Gasteiger charge is 2.49. The largest absolute Gasteiger partial charge is 0.465 e. The van der Waals surface area contributed by atoms with Crippen molar-refractivity contribution in [1.29, 1.82) is 0 Å². The van der Waals surface area contributed by atoms with Gasteiger partial charge in [-0.15, -0.1) is 0 Å². The van der Waals surface area contributed by atoms with E-state index in [1.165, 1.54) is 7.11 Å². The fourth-order valence-corrected chi connectivity index (χ4v) is 4.59. The van der Waals surface area contributed by atoms with Gasteiger partial charge in [0.2, 0.25) is 11.9 Å². The van der Waals surface area contributed by atoms with Crippen LogP contribution in [0, 0.1) is 5.41 Å². The van der Waals surface area contributed by atoms with Crippen LogP contribution in [0.15, 0.2) is 42.5 Å².